The minimum absolute atomic E-state index is 0.108. The third-order valence-corrected chi connectivity index (χ3v) is 3.99. The minimum atomic E-state index is -3.40. The van der Waals surface area contributed by atoms with Gasteiger partial charge < -0.3 is 4.90 Å². The van der Waals surface area contributed by atoms with Gasteiger partial charge >= 0.3 is 0 Å². The molecule has 0 saturated carbocycles. The normalized spacial score (nSPS) is 19.7. The lowest BCUT2D eigenvalue weighted by molar-refractivity contribution is 0.0684. The van der Waals surface area contributed by atoms with E-state index in [2.05, 4.69) is 11.6 Å². The quantitative estimate of drug-likeness (QED) is 0.927. The Morgan fingerprint density at radius 3 is 2.70 bits per heavy atom. The summed E-state index contributed by atoms with van der Waals surface area (Å²) < 4.78 is 25.1. The molecule has 0 radical (unpaired) electrons. The number of rotatable bonds is 3. The third kappa shape index (κ3) is 3.72. The number of piperidine rings is 1. The summed E-state index contributed by atoms with van der Waals surface area (Å²) in [5, 5.41) is 0. The highest BCUT2D eigenvalue weighted by Gasteiger charge is 2.24. The Labute approximate surface area is 120 Å². The average Bonchev–Trinajstić information content (AvgIpc) is 2.37. The molecular formula is C14H20N2O3S. The summed E-state index contributed by atoms with van der Waals surface area (Å²) in [6, 6.07) is 6.73. The number of para-hydroxylation sites is 1. The van der Waals surface area contributed by atoms with Crippen molar-refractivity contribution in [2.45, 2.75) is 19.8 Å². The monoisotopic (exact) mass is 296 g/mol. The molecule has 110 valence electrons. The molecule has 1 amide bonds. The molecule has 2 rings (SSSR count). The number of nitrogens with zero attached hydrogens (tertiary/aromatic N) is 1. The number of carbonyl (C=O) groups excluding carboxylic acids is 1. The van der Waals surface area contributed by atoms with Gasteiger partial charge in [0, 0.05) is 13.1 Å². The minimum Gasteiger partial charge on any atom is -0.338 e. The molecule has 0 aromatic heterocycles. The topological polar surface area (TPSA) is 66.5 Å². The van der Waals surface area contributed by atoms with Gasteiger partial charge in [-0.25, -0.2) is 8.42 Å². The zero-order chi connectivity index (χ0) is 14.8. The highest BCUT2D eigenvalue weighted by molar-refractivity contribution is 7.92. The average molecular weight is 296 g/mol. The summed E-state index contributed by atoms with van der Waals surface area (Å²) in [5.41, 5.74) is 0.755. The Morgan fingerprint density at radius 1 is 1.35 bits per heavy atom. The van der Waals surface area contributed by atoms with E-state index in [1.165, 1.54) is 0 Å². The summed E-state index contributed by atoms with van der Waals surface area (Å²) in [6.45, 7) is 3.59. The third-order valence-electron chi connectivity index (χ3n) is 3.40. The van der Waals surface area contributed by atoms with Crippen molar-refractivity contribution in [3.05, 3.63) is 29.8 Å². The highest BCUT2D eigenvalue weighted by atomic mass is 32.2. The van der Waals surface area contributed by atoms with Crippen LogP contribution in [0.4, 0.5) is 5.69 Å². The zero-order valence-corrected chi connectivity index (χ0v) is 12.6. The highest BCUT2D eigenvalue weighted by Crippen LogP contribution is 2.22. The fraction of sp³-hybridized carbons (Fsp3) is 0.500. The number of hydrogen-bond donors (Lipinski definition) is 1. The maximum atomic E-state index is 12.5. The Hall–Kier alpha value is -1.56. The van der Waals surface area contributed by atoms with E-state index in [-0.39, 0.29) is 5.91 Å². The van der Waals surface area contributed by atoms with Gasteiger partial charge in [-0.2, -0.15) is 0 Å². The Kier molecular flexibility index (Phi) is 4.32. The molecule has 0 unspecified atom stereocenters. The van der Waals surface area contributed by atoms with Gasteiger partial charge in [-0.15, -0.1) is 0 Å². The van der Waals surface area contributed by atoms with E-state index in [4.69, 9.17) is 0 Å². The van der Waals surface area contributed by atoms with Crippen molar-refractivity contribution >= 4 is 21.6 Å². The number of anilines is 1. The molecule has 6 heteroatoms. The van der Waals surface area contributed by atoms with Gasteiger partial charge in [0.2, 0.25) is 10.0 Å². The Bertz CT molecular complexity index is 598. The van der Waals surface area contributed by atoms with E-state index >= 15 is 0 Å². The lowest BCUT2D eigenvalue weighted by atomic mass is 9.99. The fourth-order valence-corrected chi connectivity index (χ4v) is 3.08. The predicted octanol–water partition coefficient (Wildman–Crippen LogP) is 1.93. The molecule has 1 atom stereocenters. The molecule has 1 aromatic rings. The van der Waals surface area contributed by atoms with Gasteiger partial charge in [0.05, 0.1) is 17.5 Å². The van der Waals surface area contributed by atoms with Crippen LogP contribution in [0.5, 0.6) is 0 Å². The van der Waals surface area contributed by atoms with Crippen LogP contribution in [-0.4, -0.2) is 38.6 Å². The maximum absolute atomic E-state index is 12.5. The van der Waals surface area contributed by atoms with E-state index in [1.807, 2.05) is 0 Å². The Morgan fingerprint density at radius 2 is 2.05 bits per heavy atom. The van der Waals surface area contributed by atoms with Gasteiger partial charge in [-0.05, 0) is 30.9 Å². The molecular weight excluding hydrogens is 276 g/mol. The van der Waals surface area contributed by atoms with Crippen molar-refractivity contribution in [1.82, 2.24) is 4.90 Å². The summed E-state index contributed by atoms with van der Waals surface area (Å²) in [6.07, 6.45) is 3.21. The second-order valence-corrected chi connectivity index (χ2v) is 7.17. The summed E-state index contributed by atoms with van der Waals surface area (Å²) in [4.78, 5) is 14.3. The second-order valence-electron chi connectivity index (χ2n) is 5.42. The molecule has 1 aromatic carbocycles. The summed E-state index contributed by atoms with van der Waals surface area (Å²) >= 11 is 0. The van der Waals surface area contributed by atoms with Crippen LogP contribution in [0, 0.1) is 5.92 Å². The molecule has 0 aliphatic carbocycles. The molecule has 1 N–H and O–H groups in total. The van der Waals surface area contributed by atoms with Gasteiger partial charge in [-0.1, -0.05) is 19.1 Å². The molecule has 1 fully saturated rings. The number of likely N-dealkylation sites (tertiary alicyclic amines) is 1. The van der Waals surface area contributed by atoms with Gasteiger partial charge in [0.1, 0.15) is 0 Å². The first-order valence-electron chi connectivity index (χ1n) is 6.73. The zero-order valence-electron chi connectivity index (χ0n) is 11.8. The van der Waals surface area contributed by atoms with Crippen molar-refractivity contribution in [3.8, 4) is 0 Å². The van der Waals surface area contributed by atoms with Crippen molar-refractivity contribution in [1.29, 1.82) is 0 Å². The maximum Gasteiger partial charge on any atom is 0.255 e. The number of nitrogens with one attached hydrogen (secondary N) is 1. The molecule has 5 nitrogen and oxygen atoms in total. The van der Waals surface area contributed by atoms with Crippen molar-refractivity contribution < 1.29 is 13.2 Å². The van der Waals surface area contributed by atoms with Crippen LogP contribution in [0.3, 0.4) is 0 Å². The van der Waals surface area contributed by atoms with Crippen molar-refractivity contribution in [2.75, 3.05) is 24.1 Å². The lowest BCUT2D eigenvalue weighted by Gasteiger charge is -2.31. The predicted molar refractivity (Wildman–Crippen MR) is 79.2 cm³/mol. The van der Waals surface area contributed by atoms with E-state index in [0.29, 0.717) is 17.2 Å². The fourth-order valence-electron chi connectivity index (χ4n) is 2.50. The van der Waals surface area contributed by atoms with E-state index in [1.54, 1.807) is 29.2 Å². The molecule has 1 heterocycles. The smallest absolute Gasteiger partial charge is 0.255 e. The van der Waals surface area contributed by atoms with Gasteiger partial charge in [0.25, 0.3) is 5.91 Å². The molecule has 0 bridgehead atoms. The van der Waals surface area contributed by atoms with Crippen LogP contribution in [0.2, 0.25) is 0 Å². The largest absolute Gasteiger partial charge is 0.338 e. The van der Waals surface area contributed by atoms with Gasteiger partial charge in [0.15, 0.2) is 0 Å². The standard InChI is InChI=1S/C14H20N2O3S/c1-11-6-5-9-16(10-11)14(17)12-7-3-4-8-13(12)15-20(2,18)19/h3-4,7-8,11,15H,5-6,9-10H2,1-2H3/t11-/m0/s1. The molecule has 0 spiro atoms. The van der Waals surface area contributed by atoms with Crippen LogP contribution in [-0.2, 0) is 10.0 Å². The van der Waals surface area contributed by atoms with Crippen LogP contribution >= 0.6 is 0 Å². The molecule has 20 heavy (non-hydrogen) atoms. The van der Waals surface area contributed by atoms with E-state index < -0.39 is 10.0 Å². The van der Waals surface area contributed by atoms with Crippen LogP contribution in [0.25, 0.3) is 0 Å². The van der Waals surface area contributed by atoms with Crippen molar-refractivity contribution in [3.63, 3.8) is 0 Å². The van der Waals surface area contributed by atoms with Gasteiger partial charge in [-0.3, -0.25) is 9.52 Å². The number of benzene rings is 1. The number of carbonyl (C=O) groups is 1. The summed E-state index contributed by atoms with van der Waals surface area (Å²) in [7, 11) is -3.40. The summed E-state index contributed by atoms with van der Waals surface area (Å²) in [5.74, 6) is 0.381. The van der Waals surface area contributed by atoms with Crippen LogP contribution < -0.4 is 4.72 Å². The lowest BCUT2D eigenvalue weighted by Crippen LogP contribution is -2.39. The first-order chi connectivity index (χ1) is 9.37. The van der Waals surface area contributed by atoms with Crippen LogP contribution in [0.1, 0.15) is 30.1 Å². The van der Waals surface area contributed by atoms with E-state index in [0.717, 1.165) is 32.2 Å². The first-order valence-corrected chi connectivity index (χ1v) is 8.62. The van der Waals surface area contributed by atoms with Crippen LogP contribution in [0.15, 0.2) is 24.3 Å². The SMILES string of the molecule is C[C@H]1CCCN(C(=O)c2ccccc2NS(C)(=O)=O)C1. The second kappa shape index (κ2) is 5.83. The van der Waals surface area contributed by atoms with Crippen molar-refractivity contribution in [2.24, 2.45) is 5.92 Å². The first kappa shape index (κ1) is 14.8. The molecule has 1 aliphatic rings. The van der Waals surface area contributed by atoms with E-state index in [9.17, 15) is 13.2 Å². The molecule has 1 aliphatic heterocycles. The molecule has 1 saturated heterocycles. The number of hydrogen-bond acceptors (Lipinski definition) is 3. The number of amides is 1. The Balaban J connectivity index is 2.25. The number of sulfonamides is 1.